The zero-order valence-electron chi connectivity index (χ0n) is 10.8. The van der Waals surface area contributed by atoms with Gasteiger partial charge in [-0.05, 0) is 43.1 Å². The van der Waals surface area contributed by atoms with E-state index in [9.17, 15) is 4.79 Å². The smallest absolute Gasteiger partial charge is 0.168 e. The van der Waals surface area contributed by atoms with E-state index in [4.69, 9.17) is 5.53 Å². The molecule has 1 aromatic heterocycles. The number of rotatable bonds is 4. The van der Waals surface area contributed by atoms with Crippen molar-refractivity contribution in [1.82, 2.24) is 15.3 Å². The normalized spacial score (nSPS) is 18.1. The monoisotopic (exact) mass is 270 g/mol. The van der Waals surface area contributed by atoms with Gasteiger partial charge >= 0.3 is 0 Å². The summed E-state index contributed by atoms with van der Waals surface area (Å²) in [7, 11) is 0. The first kappa shape index (κ1) is 12.7. The lowest BCUT2D eigenvalue weighted by Gasteiger charge is -2.04. The van der Waals surface area contributed by atoms with Crippen molar-refractivity contribution in [3.63, 3.8) is 0 Å². The van der Waals surface area contributed by atoms with Gasteiger partial charge in [-0.25, -0.2) is 4.98 Å². The van der Waals surface area contributed by atoms with E-state index in [2.05, 4.69) is 25.3 Å². The first-order valence-electron chi connectivity index (χ1n) is 6.55. The zero-order chi connectivity index (χ0) is 13.9. The molecule has 1 aromatic carbocycles. The molecule has 2 N–H and O–H groups in total. The molecule has 0 radical (unpaired) electrons. The topological polar surface area (TPSA) is 107 Å². The number of benzene rings is 1. The number of aromatic amines is 1. The van der Waals surface area contributed by atoms with Crippen molar-refractivity contribution in [3.05, 3.63) is 40.0 Å². The second kappa shape index (κ2) is 5.32. The van der Waals surface area contributed by atoms with E-state index < -0.39 is 0 Å². The summed E-state index contributed by atoms with van der Waals surface area (Å²) < 4.78 is 0. The summed E-state index contributed by atoms with van der Waals surface area (Å²) in [6, 6.07) is 5.55. The van der Waals surface area contributed by atoms with Crippen LogP contribution in [0, 0.1) is 0 Å². The number of azide groups is 1. The van der Waals surface area contributed by atoms with Crippen molar-refractivity contribution >= 4 is 16.8 Å². The molecule has 20 heavy (non-hydrogen) atoms. The Morgan fingerprint density at radius 1 is 1.55 bits per heavy atom. The molecule has 3 rings (SSSR count). The molecule has 1 aliphatic heterocycles. The maximum Gasteiger partial charge on any atom is 0.168 e. The number of hydrogen-bond donors (Lipinski definition) is 2. The molecule has 102 valence electrons. The van der Waals surface area contributed by atoms with Crippen LogP contribution in [0.15, 0.2) is 23.3 Å². The van der Waals surface area contributed by atoms with E-state index in [1.807, 2.05) is 6.07 Å². The van der Waals surface area contributed by atoms with E-state index in [1.54, 1.807) is 12.1 Å². The van der Waals surface area contributed by atoms with Crippen molar-refractivity contribution in [2.45, 2.75) is 18.9 Å². The van der Waals surface area contributed by atoms with Gasteiger partial charge < -0.3 is 10.3 Å². The fraction of sp³-hybridized carbons (Fsp3) is 0.385. The van der Waals surface area contributed by atoms with Crippen molar-refractivity contribution in [3.8, 4) is 0 Å². The highest BCUT2D eigenvalue weighted by Gasteiger charge is 2.19. The number of imidazole rings is 1. The third-order valence-corrected chi connectivity index (χ3v) is 3.49. The van der Waals surface area contributed by atoms with Crippen LogP contribution in [0.4, 0.5) is 0 Å². The molecular formula is C13H14N6O. The molecular weight excluding hydrogens is 256 g/mol. The Morgan fingerprint density at radius 3 is 3.20 bits per heavy atom. The van der Waals surface area contributed by atoms with Gasteiger partial charge in [0.2, 0.25) is 0 Å². The molecule has 2 aromatic rings. The highest BCUT2D eigenvalue weighted by atomic mass is 16.1. The van der Waals surface area contributed by atoms with E-state index in [-0.39, 0.29) is 18.4 Å². The number of nitrogens with one attached hydrogen (secondary N) is 2. The van der Waals surface area contributed by atoms with Crippen molar-refractivity contribution < 1.29 is 4.79 Å². The minimum Gasteiger partial charge on any atom is -0.341 e. The molecule has 0 aliphatic carbocycles. The molecule has 0 saturated carbocycles. The molecule has 1 saturated heterocycles. The number of carbonyl (C=O) groups is 1. The van der Waals surface area contributed by atoms with E-state index in [0.717, 1.165) is 36.2 Å². The van der Waals surface area contributed by atoms with Gasteiger partial charge in [-0.2, -0.15) is 0 Å². The molecule has 0 bridgehead atoms. The van der Waals surface area contributed by atoms with E-state index in [1.165, 1.54) is 0 Å². The third-order valence-electron chi connectivity index (χ3n) is 3.49. The molecule has 0 spiro atoms. The van der Waals surface area contributed by atoms with Gasteiger partial charge in [0.05, 0.1) is 23.6 Å². The predicted molar refractivity (Wildman–Crippen MR) is 74.4 cm³/mol. The Bertz CT molecular complexity index is 694. The number of Topliss-reactive ketones (excluding diaryl/α,β-unsaturated/α-hetero) is 1. The lowest BCUT2D eigenvalue weighted by molar-refractivity contribution is 0.100. The van der Waals surface area contributed by atoms with Crippen LogP contribution in [0.1, 0.15) is 35.1 Å². The number of H-pyrrole nitrogens is 1. The molecule has 1 fully saturated rings. The Labute approximate surface area is 115 Å². The van der Waals surface area contributed by atoms with Crippen LogP contribution in [-0.4, -0.2) is 28.8 Å². The first-order chi connectivity index (χ1) is 9.78. The van der Waals surface area contributed by atoms with Gasteiger partial charge in [-0.3, -0.25) is 4.79 Å². The zero-order valence-corrected chi connectivity index (χ0v) is 10.8. The Morgan fingerprint density at radius 2 is 2.45 bits per heavy atom. The number of fused-ring (bicyclic) bond motifs is 1. The molecule has 7 nitrogen and oxygen atoms in total. The largest absolute Gasteiger partial charge is 0.341 e. The number of nitrogens with zero attached hydrogens (tertiary/aromatic N) is 4. The average Bonchev–Trinajstić information content (AvgIpc) is 3.11. The summed E-state index contributed by atoms with van der Waals surface area (Å²) in [5.74, 6) is 0.719. The van der Waals surface area contributed by atoms with Crippen LogP contribution in [0.2, 0.25) is 0 Å². The van der Waals surface area contributed by atoms with Crippen LogP contribution in [0.5, 0.6) is 0 Å². The van der Waals surface area contributed by atoms with Gasteiger partial charge in [0.15, 0.2) is 5.78 Å². The van der Waals surface area contributed by atoms with Crippen LogP contribution >= 0.6 is 0 Å². The SMILES string of the molecule is [N-]=[N+]=NCC(=O)c1ccc2nc(C3CCCN3)[nH]c2c1. The lowest BCUT2D eigenvalue weighted by atomic mass is 10.1. The highest BCUT2D eigenvalue weighted by Crippen LogP contribution is 2.23. The fourth-order valence-electron chi connectivity index (χ4n) is 2.47. The average molecular weight is 270 g/mol. The van der Waals surface area contributed by atoms with Crippen LogP contribution in [0.25, 0.3) is 21.5 Å². The van der Waals surface area contributed by atoms with Crippen LogP contribution < -0.4 is 5.32 Å². The Balaban J connectivity index is 1.90. The standard InChI is InChI=1S/C13H14N6O/c14-19-16-7-12(20)8-3-4-9-11(6-8)18-13(17-9)10-2-1-5-15-10/h3-4,6,10,15H,1-2,5,7H2,(H,17,18). The number of ketones is 1. The van der Waals surface area contributed by atoms with Gasteiger partial charge in [-0.15, -0.1) is 0 Å². The maximum absolute atomic E-state index is 11.8. The summed E-state index contributed by atoms with van der Waals surface area (Å²) >= 11 is 0. The van der Waals surface area contributed by atoms with Gasteiger partial charge in [-0.1, -0.05) is 5.11 Å². The minimum absolute atomic E-state index is 0.160. The van der Waals surface area contributed by atoms with Crippen molar-refractivity contribution in [1.29, 1.82) is 0 Å². The Kier molecular flexibility index (Phi) is 3.37. The molecule has 1 atom stereocenters. The number of aromatic nitrogens is 2. The summed E-state index contributed by atoms with van der Waals surface area (Å²) in [6.45, 7) is 0.852. The molecule has 2 heterocycles. The van der Waals surface area contributed by atoms with E-state index in [0.29, 0.717) is 5.56 Å². The molecule has 0 amide bonds. The van der Waals surface area contributed by atoms with Crippen LogP contribution in [-0.2, 0) is 0 Å². The summed E-state index contributed by atoms with van der Waals surface area (Å²) in [4.78, 5) is 22.2. The Hall–Kier alpha value is -2.37. The summed E-state index contributed by atoms with van der Waals surface area (Å²) in [6.07, 6.45) is 2.22. The minimum atomic E-state index is -0.195. The van der Waals surface area contributed by atoms with Gasteiger partial charge in [0.1, 0.15) is 5.82 Å². The van der Waals surface area contributed by atoms with Gasteiger partial charge in [0, 0.05) is 10.5 Å². The highest BCUT2D eigenvalue weighted by molar-refractivity contribution is 6.00. The van der Waals surface area contributed by atoms with Crippen molar-refractivity contribution in [2.24, 2.45) is 5.11 Å². The second-order valence-electron chi connectivity index (χ2n) is 4.82. The fourth-order valence-corrected chi connectivity index (χ4v) is 2.47. The van der Waals surface area contributed by atoms with Crippen molar-refractivity contribution in [2.75, 3.05) is 13.1 Å². The second-order valence-corrected chi connectivity index (χ2v) is 4.82. The third kappa shape index (κ3) is 2.36. The van der Waals surface area contributed by atoms with Gasteiger partial charge in [0.25, 0.3) is 0 Å². The summed E-state index contributed by atoms with van der Waals surface area (Å²) in [5.41, 5.74) is 10.4. The quantitative estimate of drug-likeness (QED) is 0.385. The molecule has 1 aliphatic rings. The molecule has 1 unspecified atom stereocenters. The summed E-state index contributed by atoms with van der Waals surface area (Å²) in [5, 5.41) is 6.67. The lowest BCUT2D eigenvalue weighted by Crippen LogP contribution is -2.13. The first-order valence-corrected chi connectivity index (χ1v) is 6.55. The predicted octanol–water partition coefficient (Wildman–Crippen LogP) is 2.48. The number of hydrogen-bond acceptors (Lipinski definition) is 4. The van der Waals surface area contributed by atoms with Crippen LogP contribution in [0.3, 0.4) is 0 Å². The number of carbonyl (C=O) groups excluding carboxylic acids is 1. The maximum atomic E-state index is 11.8. The molecule has 7 heteroatoms. The van der Waals surface area contributed by atoms with E-state index >= 15 is 0 Å².